The Morgan fingerprint density at radius 2 is 1.00 bits per heavy atom. The molecule has 3 aromatic carbocycles. The summed E-state index contributed by atoms with van der Waals surface area (Å²) in [4.78, 5) is 17.9. The van der Waals surface area contributed by atoms with Gasteiger partial charge in [0.05, 0.1) is 6.54 Å². The number of nitrogens with zero attached hydrogens (tertiary/aromatic N) is 6. The Morgan fingerprint density at radius 1 is 0.605 bits per heavy atom. The summed E-state index contributed by atoms with van der Waals surface area (Å²) >= 11 is 11.6. The van der Waals surface area contributed by atoms with Gasteiger partial charge in [0.15, 0.2) is 0 Å². The average molecular weight is 552 g/mol. The van der Waals surface area contributed by atoms with Crippen LogP contribution in [0.5, 0.6) is 6.01 Å². The zero-order valence-corrected chi connectivity index (χ0v) is 23.8. The first kappa shape index (κ1) is 27.5. The lowest BCUT2D eigenvalue weighted by molar-refractivity contribution is 0.299. The lowest BCUT2D eigenvalue weighted by Crippen LogP contribution is -2.24. The van der Waals surface area contributed by atoms with Crippen LogP contribution in [0.25, 0.3) is 0 Å². The molecule has 4 rings (SSSR count). The van der Waals surface area contributed by atoms with E-state index in [0.717, 1.165) is 5.69 Å². The second-order valence-electron chi connectivity index (χ2n) is 9.42. The van der Waals surface area contributed by atoms with Crippen LogP contribution < -0.4 is 19.4 Å². The van der Waals surface area contributed by atoms with Crippen LogP contribution in [0, 0.1) is 0 Å². The third-order valence-electron chi connectivity index (χ3n) is 6.37. The summed E-state index contributed by atoms with van der Waals surface area (Å²) in [5.41, 5.74) is 7.15. The summed E-state index contributed by atoms with van der Waals surface area (Å²) in [5.74, 6) is 0.114. The minimum Gasteiger partial charge on any atom is -0.461 e. The van der Waals surface area contributed by atoms with E-state index in [1.807, 2.05) is 7.05 Å². The molecule has 0 aliphatic carbocycles. The zero-order chi connectivity index (χ0) is 27.2. The maximum absolute atomic E-state index is 5.82. The van der Waals surface area contributed by atoms with E-state index in [2.05, 4.69) is 131 Å². The van der Waals surface area contributed by atoms with Gasteiger partial charge in [-0.2, -0.15) is 15.0 Å². The fourth-order valence-corrected chi connectivity index (χ4v) is 4.55. The molecule has 0 spiro atoms. The minimum absolute atomic E-state index is 0.00575. The number of ether oxygens (including phenoxy) is 1. The number of aromatic nitrogens is 3. The van der Waals surface area contributed by atoms with E-state index in [0.29, 0.717) is 13.2 Å². The van der Waals surface area contributed by atoms with Gasteiger partial charge in [-0.25, -0.2) is 0 Å². The van der Waals surface area contributed by atoms with E-state index in [-0.39, 0.29) is 22.5 Å². The largest absolute Gasteiger partial charge is 0.461 e. The van der Waals surface area contributed by atoms with Gasteiger partial charge in [-0.15, -0.1) is 0 Å². The molecule has 1 aromatic heterocycles. The molecule has 198 valence electrons. The Bertz CT molecular complexity index is 1260. The molecule has 0 radical (unpaired) electrons. The molecule has 0 N–H and O–H groups in total. The van der Waals surface area contributed by atoms with Crippen molar-refractivity contribution in [2.75, 3.05) is 63.1 Å². The minimum atomic E-state index is 0.00575. The second kappa shape index (κ2) is 12.3. The lowest BCUT2D eigenvalue weighted by Gasteiger charge is -2.23. The molecule has 0 saturated heterocycles. The summed E-state index contributed by atoms with van der Waals surface area (Å²) in [6.45, 7) is 0.996. The molecule has 0 amide bonds. The van der Waals surface area contributed by atoms with Gasteiger partial charge >= 0.3 is 6.01 Å². The molecular weight excluding hydrogens is 519 g/mol. The number of likely N-dealkylation sites (N-methyl/N-ethyl adjacent to an activating group) is 1. The van der Waals surface area contributed by atoms with Crippen molar-refractivity contribution in [1.29, 1.82) is 0 Å². The maximum atomic E-state index is 5.82. The molecule has 0 atom stereocenters. The van der Waals surface area contributed by atoms with Crippen LogP contribution in [0.15, 0.2) is 72.8 Å². The van der Waals surface area contributed by atoms with Crippen LogP contribution in [-0.2, 0) is 0 Å². The smallest absolute Gasteiger partial charge is 0.322 e. The second-order valence-corrected chi connectivity index (χ2v) is 10.1. The van der Waals surface area contributed by atoms with Gasteiger partial charge in [0, 0.05) is 58.2 Å². The first-order valence-electron chi connectivity index (χ1n) is 12.3. The van der Waals surface area contributed by atoms with Crippen LogP contribution in [-0.4, -0.2) is 63.3 Å². The molecule has 0 aliphatic heterocycles. The van der Waals surface area contributed by atoms with Crippen molar-refractivity contribution in [3.63, 3.8) is 0 Å². The van der Waals surface area contributed by atoms with Gasteiger partial charge in [0.1, 0.15) is 6.61 Å². The molecule has 4 aromatic rings. The maximum Gasteiger partial charge on any atom is 0.322 e. The highest BCUT2D eigenvalue weighted by Gasteiger charge is 2.18. The van der Waals surface area contributed by atoms with Crippen molar-refractivity contribution in [3.05, 3.63) is 100 Å². The van der Waals surface area contributed by atoms with E-state index < -0.39 is 0 Å². The van der Waals surface area contributed by atoms with Crippen LogP contribution in [0.2, 0.25) is 10.6 Å². The van der Waals surface area contributed by atoms with Gasteiger partial charge in [0.2, 0.25) is 10.6 Å². The van der Waals surface area contributed by atoms with E-state index in [4.69, 9.17) is 27.9 Å². The Labute approximate surface area is 234 Å². The molecule has 0 bridgehead atoms. The molecule has 0 fully saturated rings. The van der Waals surface area contributed by atoms with Gasteiger partial charge in [-0.1, -0.05) is 36.4 Å². The Morgan fingerprint density at radius 3 is 1.39 bits per heavy atom. The van der Waals surface area contributed by atoms with Crippen molar-refractivity contribution < 1.29 is 4.74 Å². The standard InChI is InChI=1S/C29H32Cl2N6O/c1-35(2)23-12-6-20(7-13-23)26(21-8-14-24(15-9-21)36(3)4)22-10-16-25(17-11-22)37(5)18-19-38-29-33-27(30)32-28(31)34-29/h6-17,26H,18-19H2,1-5H3. The van der Waals surface area contributed by atoms with Crippen molar-refractivity contribution >= 4 is 40.3 Å². The van der Waals surface area contributed by atoms with Crippen LogP contribution in [0.3, 0.4) is 0 Å². The summed E-state index contributed by atoms with van der Waals surface area (Å²) < 4.78 is 5.61. The number of anilines is 3. The lowest BCUT2D eigenvalue weighted by atomic mass is 9.85. The molecule has 0 aliphatic rings. The van der Waals surface area contributed by atoms with E-state index in [1.54, 1.807) is 0 Å². The highest BCUT2D eigenvalue weighted by molar-refractivity contribution is 6.31. The van der Waals surface area contributed by atoms with Crippen LogP contribution in [0.1, 0.15) is 22.6 Å². The van der Waals surface area contributed by atoms with Gasteiger partial charge in [-0.05, 0) is 76.3 Å². The molecule has 0 unspecified atom stereocenters. The summed E-state index contributed by atoms with van der Waals surface area (Å²) in [6.07, 6.45) is 0. The fourth-order valence-electron chi connectivity index (χ4n) is 4.20. The quantitative estimate of drug-likeness (QED) is 0.224. The van der Waals surface area contributed by atoms with E-state index in [1.165, 1.54) is 28.1 Å². The number of rotatable bonds is 10. The van der Waals surface area contributed by atoms with E-state index >= 15 is 0 Å². The van der Waals surface area contributed by atoms with Crippen LogP contribution >= 0.6 is 23.2 Å². The zero-order valence-electron chi connectivity index (χ0n) is 22.3. The predicted molar refractivity (Wildman–Crippen MR) is 158 cm³/mol. The number of halogens is 2. The van der Waals surface area contributed by atoms with Crippen molar-refractivity contribution in [3.8, 4) is 6.01 Å². The molecule has 7 nitrogen and oxygen atoms in total. The summed E-state index contributed by atoms with van der Waals surface area (Å²) in [7, 11) is 10.2. The third-order valence-corrected chi connectivity index (χ3v) is 6.71. The first-order valence-corrected chi connectivity index (χ1v) is 13.0. The van der Waals surface area contributed by atoms with Gasteiger partial charge < -0.3 is 19.4 Å². The Hall–Kier alpha value is -3.55. The topological polar surface area (TPSA) is 57.6 Å². The van der Waals surface area contributed by atoms with Crippen molar-refractivity contribution in [2.24, 2.45) is 0 Å². The SMILES string of the molecule is CN(C)c1ccc(C(c2ccc(N(C)C)cc2)c2ccc(N(C)CCOc3nc(Cl)nc(Cl)n3)cc2)cc1. The summed E-state index contributed by atoms with van der Waals surface area (Å²) in [5, 5.41) is 0.0115. The highest BCUT2D eigenvalue weighted by Crippen LogP contribution is 2.34. The van der Waals surface area contributed by atoms with Gasteiger partial charge in [0.25, 0.3) is 0 Å². The Balaban J connectivity index is 1.53. The van der Waals surface area contributed by atoms with Crippen molar-refractivity contribution in [2.45, 2.75) is 5.92 Å². The highest BCUT2D eigenvalue weighted by atomic mass is 35.5. The molecule has 1 heterocycles. The Kier molecular flexibility index (Phi) is 8.92. The third kappa shape index (κ3) is 6.85. The molecule has 38 heavy (non-hydrogen) atoms. The molecule has 9 heteroatoms. The monoisotopic (exact) mass is 550 g/mol. The first-order chi connectivity index (χ1) is 18.2. The van der Waals surface area contributed by atoms with Crippen LogP contribution in [0.4, 0.5) is 17.1 Å². The molecular formula is C29H32Cl2N6O. The van der Waals surface area contributed by atoms with Crippen molar-refractivity contribution in [1.82, 2.24) is 15.0 Å². The molecule has 0 saturated carbocycles. The predicted octanol–water partition coefficient (Wildman–Crippen LogP) is 6.01. The van der Waals surface area contributed by atoms with E-state index in [9.17, 15) is 0 Å². The summed E-state index contributed by atoms with van der Waals surface area (Å²) in [6, 6.07) is 26.4. The van der Waals surface area contributed by atoms with Gasteiger partial charge in [-0.3, -0.25) is 0 Å². The normalized spacial score (nSPS) is 10.9. The average Bonchev–Trinajstić information content (AvgIpc) is 2.89. The fraction of sp³-hybridized carbons (Fsp3) is 0.276. The number of benzene rings is 3. The number of hydrogen-bond acceptors (Lipinski definition) is 7. The number of hydrogen-bond donors (Lipinski definition) is 0.